The highest BCUT2D eigenvalue weighted by Gasteiger charge is 2.20. The van der Waals surface area contributed by atoms with Crippen molar-refractivity contribution in [2.45, 2.75) is 39.2 Å². The quantitative estimate of drug-likeness (QED) is 0.815. The van der Waals surface area contributed by atoms with Crippen LogP contribution in [0.4, 0.5) is 0 Å². The number of aromatic nitrogens is 3. The van der Waals surface area contributed by atoms with Crippen LogP contribution in [0.5, 0.6) is 5.88 Å². The Hall–Kier alpha value is -2.01. The van der Waals surface area contributed by atoms with E-state index in [2.05, 4.69) is 33.7 Å². The van der Waals surface area contributed by atoms with Gasteiger partial charge < -0.3 is 4.74 Å². The molecule has 3 rings (SSSR count). The van der Waals surface area contributed by atoms with Crippen molar-refractivity contribution in [1.29, 1.82) is 0 Å². The van der Waals surface area contributed by atoms with Crippen molar-refractivity contribution < 1.29 is 4.74 Å². The number of piperidine rings is 1. The van der Waals surface area contributed by atoms with E-state index in [1.165, 1.54) is 5.56 Å². The monoisotopic (exact) mass is 326 g/mol. The lowest BCUT2D eigenvalue weighted by molar-refractivity contribution is 0.134. The van der Waals surface area contributed by atoms with E-state index in [0.717, 1.165) is 50.8 Å². The maximum Gasteiger partial charge on any atom is 0.213 e. The molecule has 0 N–H and O–H groups in total. The maximum absolute atomic E-state index is 5.78. The second kappa shape index (κ2) is 8.20. The molecule has 128 valence electrons. The van der Waals surface area contributed by atoms with E-state index >= 15 is 0 Å². The number of hydrogen-bond acceptors (Lipinski definition) is 5. The zero-order valence-corrected chi connectivity index (χ0v) is 14.6. The zero-order valence-electron chi connectivity index (χ0n) is 14.6. The largest absolute Gasteiger partial charge is 0.477 e. The topological polar surface area (TPSA) is 51.1 Å². The molecule has 0 bridgehead atoms. The summed E-state index contributed by atoms with van der Waals surface area (Å²) < 4.78 is 5.78. The minimum absolute atomic E-state index is 0.383. The Morgan fingerprint density at radius 3 is 2.50 bits per heavy atom. The first-order valence-corrected chi connectivity index (χ1v) is 8.77. The molecule has 0 unspecified atom stereocenters. The van der Waals surface area contributed by atoms with Gasteiger partial charge >= 0.3 is 0 Å². The predicted molar refractivity (Wildman–Crippen MR) is 93.9 cm³/mol. The Morgan fingerprint density at radius 2 is 1.88 bits per heavy atom. The van der Waals surface area contributed by atoms with Crippen molar-refractivity contribution in [3.63, 3.8) is 0 Å². The molecule has 0 radical (unpaired) electrons. The smallest absolute Gasteiger partial charge is 0.213 e. The Morgan fingerprint density at radius 1 is 1.12 bits per heavy atom. The van der Waals surface area contributed by atoms with Gasteiger partial charge in [-0.1, -0.05) is 19.9 Å². The molecule has 1 aliphatic heterocycles. The van der Waals surface area contributed by atoms with Crippen molar-refractivity contribution in [1.82, 2.24) is 19.9 Å². The lowest BCUT2D eigenvalue weighted by Crippen LogP contribution is -2.35. The Balaban J connectivity index is 1.41. The molecule has 0 amide bonds. The van der Waals surface area contributed by atoms with Crippen LogP contribution in [0.2, 0.25) is 0 Å². The molecule has 5 heteroatoms. The summed E-state index contributed by atoms with van der Waals surface area (Å²) in [4.78, 5) is 15.6. The number of ether oxygens (including phenoxy) is 1. The second-order valence-corrected chi connectivity index (χ2v) is 6.80. The van der Waals surface area contributed by atoms with E-state index in [4.69, 9.17) is 4.74 Å². The van der Waals surface area contributed by atoms with Gasteiger partial charge in [0.05, 0.1) is 6.61 Å². The first-order chi connectivity index (χ1) is 11.7. The first-order valence-electron chi connectivity index (χ1n) is 8.77. The van der Waals surface area contributed by atoms with Crippen LogP contribution in [0.3, 0.4) is 0 Å². The number of likely N-dealkylation sites (tertiary alicyclic amines) is 1. The fourth-order valence-corrected chi connectivity index (χ4v) is 2.95. The molecule has 5 nitrogen and oxygen atoms in total. The first kappa shape index (κ1) is 16.8. The molecule has 24 heavy (non-hydrogen) atoms. The molecule has 1 saturated heterocycles. The van der Waals surface area contributed by atoms with Gasteiger partial charge in [-0.3, -0.25) is 4.90 Å². The highest BCUT2D eigenvalue weighted by molar-refractivity contribution is 5.09. The van der Waals surface area contributed by atoms with Crippen LogP contribution in [-0.2, 0) is 6.54 Å². The number of hydrogen-bond donors (Lipinski definition) is 0. The molecule has 0 atom stereocenters. The standard InChI is InChI=1S/C19H26N4O/c1-15(2)19-21-11-17(12-22-19)13-23-9-6-16(7-10-23)14-24-18-5-3-4-8-20-18/h3-5,8,11-12,15-16H,6-7,9-10,13-14H2,1-2H3. The molecule has 2 aromatic rings. The molecule has 0 spiro atoms. The lowest BCUT2D eigenvalue weighted by Gasteiger charge is -2.31. The van der Waals surface area contributed by atoms with Crippen molar-refractivity contribution in [3.05, 3.63) is 48.2 Å². The van der Waals surface area contributed by atoms with Gasteiger partial charge in [0.15, 0.2) is 0 Å². The van der Waals surface area contributed by atoms with Gasteiger partial charge in [-0.2, -0.15) is 0 Å². The summed E-state index contributed by atoms with van der Waals surface area (Å²) in [6.07, 6.45) is 8.04. The molecular weight excluding hydrogens is 300 g/mol. The van der Waals surface area contributed by atoms with Crippen molar-refractivity contribution >= 4 is 0 Å². The summed E-state index contributed by atoms with van der Waals surface area (Å²) in [6.45, 7) is 8.13. The third kappa shape index (κ3) is 4.74. The molecule has 1 fully saturated rings. The van der Waals surface area contributed by atoms with E-state index in [-0.39, 0.29) is 0 Å². The van der Waals surface area contributed by atoms with Crippen molar-refractivity contribution in [2.75, 3.05) is 19.7 Å². The van der Waals surface area contributed by atoms with Crippen LogP contribution in [0, 0.1) is 5.92 Å². The molecule has 0 aliphatic carbocycles. The van der Waals surface area contributed by atoms with Gasteiger partial charge in [0.25, 0.3) is 0 Å². The molecule has 3 heterocycles. The molecular formula is C19H26N4O. The SMILES string of the molecule is CC(C)c1ncc(CN2CCC(COc3ccccn3)CC2)cn1. The van der Waals surface area contributed by atoms with E-state index in [9.17, 15) is 0 Å². The van der Waals surface area contributed by atoms with Gasteiger partial charge in [0.1, 0.15) is 5.82 Å². The van der Waals surface area contributed by atoms with E-state index in [1.807, 2.05) is 30.6 Å². The Bertz CT molecular complexity index is 607. The summed E-state index contributed by atoms with van der Waals surface area (Å²) in [5.74, 6) is 2.64. The molecule has 1 aliphatic rings. The van der Waals surface area contributed by atoms with Crippen LogP contribution in [0.1, 0.15) is 44.0 Å². The van der Waals surface area contributed by atoms with Crippen molar-refractivity contribution in [2.24, 2.45) is 5.92 Å². The minimum Gasteiger partial charge on any atom is -0.477 e. The van der Waals surface area contributed by atoms with E-state index in [0.29, 0.717) is 11.8 Å². The van der Waals surface area contributed by atoms with Crippen LogP contribution in [0.15, 0.2) is 36.8 Å². The lowest BCUT2D eigenvalue weighted by atomic mass is 9.97. The third-order valence-corrected chi connectivity index (χ3v) is 4.46. The maximum atomic E-state index is 5.78. The van der Waals surface area contributed by atoms with Crippen LogP contribution < -0.4 is 4.74 Å². The van der Waals surface area contributed by atoms with Gasteiger partial charge in [0.2, 0.25) is 5.88 Å². The fraction of sp³-hybridized carbons (Fsp3) is 0.526. The van der Waals surface area contributed by atoms with Crippen LogP contribution in [0.25, 0.3) is 0 Å². The molecule has 0 aromatic carbocycles. The summed E-state index contributed by atoms with van der Waals surface area (Å²) in [6, 6.07) is 5.77. The van der Waals surface area contributed by atoms with Gasteiger partial charge in [-0.15, -0.1) is 0 Å². The predicted octanol–water partition coefficient (Wildman–Crippen LogP) is 3.29. The molecule has 2 aromatic heterocycles. The molecule has 0 saturated carbocycles. The fourth-order valence-electron chi connectivity index (χ4n) is 2.95. The summed E-state index contributed by atoms with van der Waals surface area (Å²) in [7, 11) is 0. The Labute approximate surface area is 144 Å². The van der Waals surface area contributed by atoms with Crippen LogP contribution >= 0.6 is 0 Å². The summed E-state index contributed by atoms with van der Waals surface area (Å²) >= 11 is 0. The number of pyridine rings is 1. The normalized spacial score (nSPS) is 16.5. The summed E-state index contributed by atoms with van der Waals surface area (Å²) in [5, 5.41) is 0. The average Bonchev–Trinajstić information content (AvgIpc) is 2.62. The zero-order chi connectivity index (χ0) is 16.8. The summed E-state index contributed by atoms with van der Waals surface area (Å²) in [5.41, 5.74) is 1.20. The van der Waals surface area contributed by atoms with Gasteiger partial charge in [-0.25, -0.2) is 15.0 Å². The minimum atomic E-state index is 0.383. The van der Waals surface area contributed by atoms with E-state index < -0.39 is 0 Å². The van der Waals surface area contributed by atoms with Crippen LogP contribution in [-0.4, -0.2) is 39.5 Å². The highest BCUT2D eigenvalue weighted by atomic mass is 16.5. The Kier molecular flexibility index (Phi) is 5.75. The second-order valence-electron chi connectivity index (χ2n) is 6.80. The average molecular weight is 326 g/mol. The number of nitrogens with zero attached hydrogens (tertiary/aromatic N) is 4. The van der Waals surface area contributed by atoms with Gasteiger partial charge in [-0.05, 0) is 37.9 Å². The van der Waals surface area contributed by atoms with Gasteiger partial charge in [0, 0.05) is 42.7 Å². The highest BCUT2D eigenvalue weighted by Crippen LogP contribution is 2.20. The third-order valence-electron chi connectivity index (χ3n) is 4.46. The number of rotatable bonds is 6. The van der Waals surface area contributed by atoms with E-state index in [1.54, 1.807) is 6.20 Å². The van der Waals surface area contributed by atoms with Crippen molar-refractivity contribution in [3.8, 4) is 5.88 Å².